The van der Waals surface area contributed by atoms with Crippen LogP contribution in [0, 0.1) is 6.92 Å². The second-order valence-corrected chi connectivity index (χ2v) is 8.34. The molecule has 1 aliphatic heterocycles. The van der Waals surface area contributed by atoms with Crippen molar-refractivity contribution in [1.29, 1.82) is 0 Å². The molecule has 3 heterocycles. The number of nitrogens with zero attached hydrogens (tertiary/aromatic N) is 2. The number of aryl methyl sites for hydroxylation is 1. The summed E-state index contributed by atoms with van der Waals surface area (Å²) in [6.07, 6.45) is -5.41. The summed E-state index contributed by atoms with van der Waals surface area (Å²) in [6, 6.07) is 16.1. The van der Waals surface area contributed by atoms with Crippen LogP contribution >= 0.6 is 0 Å². The Hall–Kier alpha value is -4.61. The first-order valence-corrected chi connectivity index (χ1v) is 10.7. The number of halogens is 3. The molecule has 12 heteroatoms. The largest absolute Gasteiger partial charge is 0.411 e. The van der Waals surface area contributed by atoms with E-state index in [0.717, 1.165) is 9.25 Å². The Morgan fingerprint density at radius 3 is 2.11 bits per heavy atom. The fourth-order valence-electron chi connectivity index (χ4n) is 4.68. The van der Waals surface area contributed by atoms with Crippen molar-refractivity contribution in [2.45, 2.75) is 25.1 Å². The number of anilines is 1. The van der Waals surface area contributed by atoms with Gasteiger partial charge in [0, 0.05) is 5.69 Å². The maximum atomic E-state index is 15.0. The molecular weight excluding hydrogens is 479 g/mol. The van der Waals surface area contributed by atoms with Gasteiger partial charge in [-0.1, -0.05) is 48.5 Å². The lowest BCUT2D eigenvalue weighted by atomic mass is 9.75. The van der Waals surface area contributed by atoms with Crippen LogP contribution < -0.4 is 22.1 Å². The van der Waals surface area contributed by atoms with Gasteiger partial charge >= 0.3 is 11.9 Å². The summed E-state index contributed by atoms with van der Waals surface area (Å²) in [5, 5.41) is 4.67. The Kier molecular flexibility index (Phi) is 5.12. The molecule has 0 fully saturated rings. The lowest BCUT2D eigenvalue weighted by molar-refractivity contribution is -0.181. The fourth-order valence-corrected chi connectivity index (χ4v) is 4.68. The Morgan fingerprint density at radius 2 is 1.50 bits per heavy atom. The van der Waals surface area contributed by atoms with E-state index in [4.69, 9.17) is 0 Å². The first-order chi connectivity index (χ1) is 17.1. The normalized spacial score (nSPS) is 17.2. The van der Waals surface area contributed by atoms with Gasteiger partial charge in [0.25, 0.3) is 17.0 Å². The number of alkyl halides is 3. The Morgan fingerprint density at radius 1 is 0.889 bits per heavy atom. The van der Waals surface area contributed by atoms with E-state index < -0.39 is 51.3 Å². The molecule has 4 aromatic rings. The molecule has 184 valence electrons. The molecule has 1 aliphatic rings. The highest BCUT2D eigenvalue weighted by Crippen LogP contribution is 2.51. The number of nitrogens with one attached hydrogen (secondary N) is 3. The molecule has 2 aromatic carbocycles. The predicted octanol–water partition coefficient (Wildman–Crippen LogP) is 2.17. The third kappa shape index (κ3) is 3.17. The second kappa shape index (κ2) is 7.97. The van der Waals surface area contributed by atoms with Crippen molar-refractivity contribution < 1.29 is 18.0 Å². The number of carbonyl (C=O) groups is 1. The number of aromatic nitrogens is 4. The third-order valence-corrected chi connectivity index (χ3v) is 6.22. The van der Waals surface area contributed by atoms with Crippen LogP contribution in [0.25, 0.3) is 5.69 Å². The highest BCUT2D eigenvalue weighted by atomic mass is 19.4. The van der Waals surface area contributed by atoms with E-state index in [1.807, 2.05) is 4.98 Å². The fraction of sp³-hybridized carbons (Fsp3) is 0.167. The third-order valence-electron chi connectivity index (χ3n) is 6.22. The summed E-state index contributed by atoms with van der Waals surface area (Å²) in [5.41, 5.74) is -8.73. The average Bonchev–Trinajstić information content (AvgIpc) is 3.31. The molecule has 0 bridgehead atoms. The van der Waals surface area contributed by atoms with E-state index in [1.165, 1.54) is 19.1 Å². The molecule has 2 aromatic heterocycles. The zero-order valence-electron chi connectivity index (χ0n) is 18.6. The van der Waals surface area contributed by atoms with Gasteiger partial charge in [-0.05, 0) is 24.6 Å². The first kappa shape index (κ1) is 23.1. The minimum absolute atomic E-state index is 0.229. The Bertz CT molecular complexity index is 1670. The van der Waals surface area contributed by atoms with Gasteiger partial charge in [0.2, 0.25) is 5.41 Å². The van der Waals surface area contributed by atoms with Gasteiger partial charge in [-0.25, -0.2) is 9.48 Å². The van der Waals surface area contributed by atoms with E-state index >= 15 is 0 Å². The number of aromatic amines is 2. The molecule has 9 nitrogen and oxygen atoms in total. The monoisotopic (exact) mass is 497 g/mol. The van der Waals surface area contributed by atoms with Gasteiger partial charge in [-0.2, -0.15) is 13.2 Å². The van der Waals surface area contributed by atoms with Gasteiger partial charge in [0.05, 0.1) is 23.4 Å². The van der Waals surface area contributed by atoms with Crippen LogP contribution in [0.1, 0.15) is 22.4 Å². The molecule has 5 rings (SSSR count). The van der Waals surface area contributed by atoms with Crippen LogP contribution in [-0.4, -0.2) is 31.4 Å². The summed E-state index contributed by atoms with van der Waals surface area (Å²) in [4.78, 5) is 54.1. The standard InChI is InChI=1S/C24H18F3N5O4/c1-13-16(20(34)32(30-13)15-10-6-3-7-11-15)23(24(25,26)27)17-18(28-21(23)35)31(22(36)29-19(17)33)12-14-8-4-2-5-9-14/h2-11,30H,12H2,1H3,(H,28,35)(H,29,33,36)/t23-/m0/s1. The lowest BCUT2D eigenvalue weighted by Gasteiger charge is -2.28. The number of carbonyl (C=O) groups excluding carboxylic acids is 1. The van der Waals surface area contributed by atoms with E-state index in [-0.39, 0.29) is 17.9 Å². The van der Waals surface area contributed by atoms with Crippen molar-refractivity contribution in [2.24, 2.45) is 0 Å². The molecule has 0 unspecified atom stereocenters. The molecule has 0 radical (unpaired) electrons. The lowest BCUT2D eigenvalue weighted by Crippen LogP contribution is -2.54. The quantitative estimate of drug-likeness (QED) is 0.400. The molecular formula is C24H18F3N5O4. The smallest absolute Gasteiger partial charge is 0.310 e. The summed E-state index contributed by atoms with van der Waals surface area (Å²) >= 11 is 0. The zero-order chi connectivity index (χ0) is 25.8. The number of rotatable bonds is 4. The Balaban J connectivity index is 1.84. The average molecular weight is 497 g/mol. The van der Waals surface area contributed by atoms with Gasteiger partial charge < -0.3 is 5.32 Å². The number of amides is 1. The number of benzene rings is 2. The molecule has 36 heavy (non-hydrogen) atoms. The van der Waals surface area contributed by atoms with Gasteiger partial charge in [0.15, 0.2) is 0 Å². The SMILES string of the molecule is Cc1[nH]n(-c2ccccc2)c(=O)c1[C@@]1(C(F)(F)F)C(=O)Nc2c1c(=O)[nH]c(=O)n2Cc1ccccc1. The van der Waals surface area contributed by atoms with E-state index in [2.05, 4.69) is 10.4 Å². The topological polar surface area (TPSA) is 122 Å². The van der Waals surface area contributed by atoms with Crippen molar-refractivity contribution in [3.8, 4) is 5.69 Å². The number of fused-ring (bicyclic) bond motifs is 1. The van der Waals surface area contributed by atoms with E-state index in [0.29, 0.717) is 5.56 Å². The van der Waals surface area contributed by atoms with Crippen LogP contribution in [0.3, 0.4) is 0 Å². The maximum absolute atomic E-state index is 15.0. The highest BCUT2D eigenvalue weighted by molar-refractivity contribution is 6.08. The van der Waals surface area contributed by atoms with E-state index in [1.54, 1.807) is 48.5 Å². The zero-order valence-corrected chi connectivity index (χ0v) is 18.6. The molecule has 0 aliphatic carbocycles. The van der Waals surface area contributed by atoms with Crippen LogP contribution in [0.15, 0.2) is 75.0 Å². The summed E-state index contributed by atoms with van der Waals surface area (Å²) in [5.74, 6) is -2.26. The molecule has 3 N–H and O–H groups in total. The van der Waals surface area contributed by atoms with E-state index in [9.17, 15) is 32.3 Å². The summed E-state index contributed by atoms with van der Waals surface area (Å²) in [7, 11) is 0. The molecule has 0 saturated carbocycles. The molecule has 1 amide bonds. The second-order valence-electron chi connectivity index (χ2n) is 8.34. The highest BCUT2D eigenvalue weighted by Gasteiger charge is 2.70. The van der Waals surface area contributed by atoms with Crippen molar-refractivity contribution in [3.05, 3.63) is 114 Å². The number of H-pyrrole nitrogens is 2. The number of hydrogen-bond acceptors (Lipinski definition) is 4. The van der Waals surface area contributed by atoms with Crippen LogP contribution in [-0.2, 0) is 16.8 Å². The minimum atomic E-state index is -5.41. The van der Waals surface area contributed by atoms with Crippen molar-refractivity contribution in [1.82, 2.24) is 19.3 Å². The Labute approximate surface area is 199 Å². The molecule has 0 saturated heterocycles. The predicted molar refractivity (Wildman–Crippen MR) is 123 cm³/mol. The summed E-state index contributed by atoms with van der Waals surface area (Å²) < 4.78 is 46.7. The molecule has 0 spiro atoms. The van der Waals surface area contributed by atoms with Gasteiger partial charge in [-0.15, -0.1) is 0 Å². The number of para-hydroxylation sites is 1. The van der Waals surface area contributed by atoms with Crippen LogP contribution in [0.5, 0.6) is 0 Å². The minimum Gasteiger partial charge on any atom is -0.310 e. The number of hydrogen-bond donors (Lipinski definition) is 3. The van der Waals surface area contributed by atoms with Gasteiger partial charge in [0.1, 0.15) is 5.82 Å². The van der Waals surface area contributed by atoms with Crippen molar-refractivity contribution in [3.63, 3.8) is 0 Å². The van der Waals surface area contributed by atoms with Crippen molar-refractivity contribution in [2.75, 3.05) is 5.32 Å². The molecule has 1 atom stereocenters. The van der Waals surface area contributed by atoms with Crippen LogP contribution in [0.2, 0.25) is 0 Å². The van der Waals surface area contributed by atoms with Crippen LogP contribution in [0.4, 0.5) is 19.0 Å². The maximum Gasteiger partial charge on any atom is 0.411 e. The summed E-state index contributed by atoms with van der Waals surface area (Å²) in [6.45, 7) is 0.983. The van der Waals surface area contributed by atoms with Gasteiger partial charge in [-0.3, -0.25) is 29.0 Å². The van der Waals surface area contributed by atoms with Crippen molar-refractivity contribution >= 4 is 11.7 Å². The first-order valence-electron chi connectivity index (χ1n) is 10.7.